The van der Waals surface area contributed by atoms with Crippen molar-refractivity contribution < 1.29 is 39.3 Å². The van der Waals surface area contributed by atoms with Gasteiger partial charge in [0.15, 0.2) is 0 Å². The highest BCUT2D eigenvalue weighted by molar-refractivity contribution is 14.1. The number of carboxylic acids is 1. The van der Waals surface area contributed by atoms with Crippen molar-refractivity contribution >= 4 is 109 Å². The second-order valence-electron chi connectivity index (χ2n) is 7.65. The summed E-state index contributed by atoms with van der Waals surface area (Å²) < 4.78 is 0.936. The molecular weight excluding hydrogens is 855 g/mol. The van der Waals surface area contributed by atoms with Gasteiger partial charge in [-0.05, 0) is 79.4 Å². The zero-order valence-corrected chi connectivity index (χ0v) is 26.5. The Morgan fingerprint density at radius 2 is 1.28 bits per heavy atom. The Kier molecular flexibility index (Phi) is 13.2. The molecule has 0 aliphatic rings. The Morgan fingerprint density at radius 3 is 1.74 bits per heavy atom. The van der Waals surface area contributed by atoms with E-state index in [9.17, 15) is 29.1 Å². The van der Waals surface area contributed by atoms with E-state index in [1.165, 1.54) is 18.2 Å². The molecule has 13 nitrogen and oxygen atoms in total. The van der Waals surface area contributed by atoms with Crippen molar-refractivity contribution in [2.75, 3.05) is 43.5 Å². The van der Waals surface area contributed by atoms with Gasteiger partial charge >= 0.3 is 5.97 Å². The highest BCUT2D eigenvalue weighted by Crippen LogP contribution is 2.36. The third-order valence-electron chi connectivity index (χ3n) is 5.01. The van der Waals surface area contributed by atoms with Crippen molar-refractivity contribution in [1.82, 2.24) is 10.6 Å². The number of hydrogen-bond acceptors (Lipinski definition) is 8. The molecule has 0 bridgehead atoms. The lowest BCUT2D eigenvalue weighted by Gasteiger charge is -2.20. The van der Waals surface area contributed by atoms with Crippen molar-refractivity contribution in [3.8, 4) is 0 Å². The van der Waals surface area contributed by atoms with Gasteiger partial charge in [-0.3, -0.25) is 19.2 Å². The number of carboxylic acid groups (broad SMARTS) is 1. The molecule has 0 aliphatic heterocycles. The molecule has 0 spiro atoms. The van der Waals surface area contributed by atoms with Crippen molar-refractivity contribution in [2.24, 2.45) is 5.73 Å². The number of rotatable bonds is 12. The van der Waals surface area contributed by atoms with Gasteiger partial charge < -0.3 is 42.3 Å². The van der Waals surface area contributed by atoms with E-state index in [0.717, 1.165) is 0 Å². The van der Waals surface area contributed by atoms with E-state index in [2.05, 4.69) is 21.3 Å². The maximum atomic E-state index is 13.2. The highest BCUT2D eigenvalue weighted by Gasteiger charge is 2.29. The topological polar surface area (TPSA) is 220 Å². The smallest absolute Gasteiger partial charge is 0.337 e. The highest BCUT2D eigenvalue weighted by atomic mass is 127. The largest absolute Gasteiger partial charge is 0.478 e. The summed E-state index contributed by atoms with van der Waals surface area (Å²) in [7, 11) is 0. The lowest BCUT2D eigenvalue weighted by Crippen LogP contribution is -2.32. The predicted octanol–water partition coefficient (Wildman–Crippen LogP) is 0.721. The average molecular weight is 879 g/mol. The summed E-state index contributed by atoms with van der Waals surface area (Å²) in [5.41, 5.74) is 5.60. The van der Waals surface area contributed by atoms with Gasteiger partial charge in [0, 0.05) is 16.7 Å². The summed E-state index contributed by atoms with van der Waals surface area (Å²) in [6, 6.07) is 4.18. The standard InChI is InChI=1S/C23H24I3N5O8/c24-16-14(21(36)28-4-6-32)17(25)20(18(26)15(16)22(37)29-5-7-33)30-12(34)8-10-2-1-3-11(23(38)39)19(10)31-13(35)9-27/h1-3,32-33H,4-9,27H2,(H,28,36)(H,29,37)(H,30,34)(H,31,35)(H,38,39). The molecule has 4 amide bonds. The Labute approximate surface area is 263 Å². The molecule has 0 aliphatic carbocycles. The summed E-state index contributed by atoms with van der Waals surface area (Å²) in [5.74, 6) is -3.75. The maximum absolute atomic E-state index is 13.2. The minimum absolute atomic E-state index is 0.0398. The van der Waals surface area contributed by atoms with E-state index >= 15 is 0 Å². The Hall–Kier alpha value is -2.14. The summed E-state index contributed by atoms with van der Waals surface area (Å²) in [5, 5.41) is 38.0. The number of carbonyl (C=O) groups excluding carboxylic acids is 4. The molecule has 9 N–H and O–H groups in total. The van der Waals surface area contributed by atoms with Crippen LogP contribution in [0.3, 0.4) is 0 Å². The van der Waals surface area contributed by atoms with E-state index in [1.807, 2.05) is 67.8 Å². The number of hydrogen-bond donors (Lipinski definition) is 8. The van der Waals surface area contributed by atoms with Crippen LogP contribution in [0.2, 0.25) is 0 Å². The molecule has 0 unspecified atom stereocenters. The van der Waals surface area contributed by atoms with Gasteiger partial charge in [0.1, 0.15) is 0 Å². The van der Waals surface area contributed by atoms with E-state index in [-0.39, 0.29) is 66.4 Å². The van der Waals surface area contributed by atoms with E-state index in [1.54, 1.807) is 0 Å². The molecule has 16 heteroatoms. The second-order valence-corrected chi connectivity index (χ2v) is 10.9. The SMILES string of the molecule is NCC(=O)Nc1c(CC(=O)Nc2c(I)c(C(=O)NCCO)c(I)c(C(=O)NCCO)c2I)cccc1C(=O)O. The lowest BCUT2D eigenvalue weighted by molar-refractivity contribution is -0.116. The van der Waals surface area contributed by atoms with Crippen LogP contribution in [0.15, 0.2) is 18.2 Å². The number of amides is 4. The van der Waals surface area contributed by atoms with Crippen LogP contribution in [0.4, 0.5) is 11.4 Å². The molecule has 2 aromatic rings. The number of para-hydroxylation sites is 1. The lowest BCUT2D eigenvalue weighted by atomic mass is 10.0. The van der Waals surface area contributed by atoms with Crippen molar-refractivity contribution in [3.63, 3.8) is 0 Å². The van der Waals surface area contributed by atoms with Gasteiger partial charge in [-0.25, -0.2) is 4.79 Å². The predicted molar refractivity (Wildman–Crippen MR) is 167 cm³/mol. The molecule has 0 atom stereocenters. The van der Waals surface area contributed by atoms with Crippen LogP contribution < -0.4 is 27.0 Å². The summed E-state index contributed by atoms with van der Waals surface area (Å²) >= 11 is 5.58. The van der Waals surface area contributed by atoms with E-state index in [4.69, 9.17) is 15.9 Å². The van der Waals surface area contributed by atoms with Crippen molar-refractivity contribution in [1.29, 1.82) is 0 Å². The van der Waals surface area contributed by atoms with Gasteiger partial charge in [0.2, 0.25) is 11.8 Å². The molecule has 2 rings (SSSR count). The van der Waals surface area contributed by atoms with Crippen LogP contribution >= 0.6 is 67.8 Å². The number of benzene rings is 2. The molecule has 0 saturated carbocycles. The molecule has 0 heterocycles. The molecular formula is C23H24I3N5O8. The first-order valence-corrected chi connectivity index (χ1v) is 14.3. The van der Waals surface area contributed by atoms with Gasteiger partial charge in [0.25, 0.3) is 11.8 Å². The fourth-order valence-corrected chi connectivity index (χ4v) is 7.72. The van der Waals surface area contributed by atoms with Crippen LogP contribution in [0, 0.1) is 10.7 Å². The first-order valence-electron chi connectivity index (χ1n) is 11.1. The quantitative estimate of drug-likeness (QED) is 0.141. The van der Waals surface area contributed by atoms with Gasteiger partial charge in [0.05, 0.1) is 61.4 Å². The van der Waals surface area contributed by atoms with Crippen LogP contribution in [0.25, 0.3) is 0 Å². The Bertz CT molecular complexity index is 1260. The van der Waals surface area contributed by atoms with Crippen LogP contribution in [-0.4, -0.2) is 77.8 Å². The average Bonchev–Trinajstić information content (AvgIpc) is 2.89. The van der Waals surface area contributed by atoms with E-state index in [0.29, 0.717) is 10.7 Å². The second kappa shape index (κ2) is 15.6. The number of nitrogens with two attached hydrogens (primary N) is 1. The number of aromatic carboxylic acids is 1. The van der Waals surface area contributed by atoms with Gasteiger partial charge in [-0.1, -0.05) is 12.1 Å². The van der Waals surface area contributed by atoms with Crippen LogP contribution in [-0.2, 0) is 16.0 Å². The summed E-state index contributed by atoms with van der Waals surface area (Å²) in [4.78, 5) is 62.7. The molecule has 0 radical (unpaired) electrons. The first-order chi connectivity index (χ1) is 18.5. The molecule has 2 aromatic carbocycles. The molecule has 0 fully saturated rings. The Morgan fingerprint density at radius 1 is 0.769 bits per heavy atom. The minimum Gasteiger partial charge on any atom is -0.478 e. The molecule has 0 aromatic heterocycles. The Balaban J connectivity index is 2.57. The first kappa shape index (κ1) is 33.1. The minimum atomic E-state index is -1.32. The fourth-order valence-electron chi connectivity index (χ4n) is 3.31. The maximum Gasteiger partial charge on any atom is 0.337 e. The third kappa shape index (κ3) is 8.42. The normalized spacial score (nSPS) is 10.5. The van der Waals surface area contributed by atoms with Gasteiger partial charge in [-0.15, -0.1) is 0 Å². The van der Waals surface area contributed by atoms with Crippen LogP contribution in [0.1, 0.15) is 36.6 Å². The van der Waals surface area contributed by atoms with Crippen LogP contribution in [0.5, 0.6) is 0 Å². The van der Waals surface area contributed by atoms with E-state index < -0.39 is 36.1 Å². The third-order valence-corrected chi connectivity index (χ3v) is 8.25. The monoisotopic (exact) mass is 879 g/mol. The number of halogens is 3. The number of aliphatic hydroxyl groups excluding tert-OH is 2. The zero-order chi connectivity index (χ0) is 29.3. The number of aliphatic hydroxyl groups is 2. The number of anilines is 2. The zero-order valence-electron chi connectivity index (χ0n) is 20.1. The number of carbonyl (C=O) groups is 5. The summed E-state index contributed by atoms with van der Waals surface area (Å²) in [6.07, 6.45) is -0.364. The molecule has 39 heavy (non-hydrogen) atoms. The van der Waals surface area contributed by atoms with Gasteiger partial charge in [-0.2, -0.15) is 0 Å². The summed E-state index contributed by atoms with van der Waals surface area (Å²) in [6.45, 7) is -1.10. The number of nitrogens with one attached hydrogen (secondary N) is 4. The van der Waals surface area contributed by atoms with Crippen molar-refractivity contribution in [3.05, 3.63) is 51.2 Å². The van der Waals surface area contributed by atoms with Crippen molar-refractivity contribution in [2.45, 2.75) is 6.42 Å². The molecule has 0 saturated heterocycles. The fraction of sp³-hybridized carbons (Fsp3) is 0.261. The molecule has 210 valence electrons.